The normalized spacial score (nSPS) is 10.7. The molecule has 172 valence electrons. The number of hydrogen-bond acceptors (Lipinski definition) is 9. The monoisotopic (exact) mass is 458 g/mol. The van der Waals surface area contributed by atoms with Crippen molar-refractivity contribution in [3.63, 3.8) is 0 Å². The van der Waals surface area contributed by atoms with Gasteiger partial charge in [0.15, 0.2) is 11.5 Å². The lowest BCUT2D eigenvalue weighted by molar-refractivity contribution is -0.142. The molecule has 4 aromatic rings. The molecule has 0 radical (unpaired) electrons. The van der Waals surface area contributed by atoms with Crippen molar-refractivity contribution in [1.29, 1.82) is 0 Å². The average molecular weight is 458 g/mol. The standard InChI is InChI=1S/C24H22N6O4/c1-14(31)33-13-15-4-6-17(7-5-15)22-28-29-23(34-22)20-21(25)26-12-19(27-20)16-8-10-18(11-9-16)24(32)30(2)3/h4-12H,13H2,1-3H3,(H2,25,26). The molecular formula is C24H22N6O4. The van der Waals surface area contributed by atoms with E-state index in [2.05, 4.69) is 20.2 Å². The molecule has 10 nitrogen and oxygen atoms in total. The van der Waals surface area contributed by atoms with Crippen LogP contribution >= 0.6 is 0 Å². The molecule has 0 saturated carbocycles. The summed E-state index contributed by atoms with van der Waals surface area (Å²) < 4.78 is 10.8. The maximum absolute atomic E-state index is 12.1. The fraction of sp³-hybridized carbons (Fsp3) is 0.167. The van der Waals surface area contributed by atoms with E-state index < -0.39 is 0 Å². The number of ether oxygens (including phenoxy) is 1. The van der Waals surface area contributed by atoms with Crippen molar-refractivity contribution >= 4 is 17.7 Å². The Morgan fingerprint density at radius 3 is 2.26 bits per heavy atom. The number of aromatic nitrogens is 4. The number of anilines is 1. The van der Waals surface area contributed by atoms with Gasteiger partial charge in [0.2, 0.25) is 5.89 Å². The lowest BCUT2D eigenvalue weighted by Crippen LogP contribution is -2.21. The summed E-state index contributed by atoms with van der Waals surface area (Å²) in [5.74, 6) is 0.130. The molecule has 10 heteroatoms. The van der Waals surface area contributed by atoms with Crippen molar-refractivity contribution in [1.82, 2.24) is 25.1 Å². The molecule has 0 saturated heterocycles. The van der Waals surface area contributed by atoms with Crippen LogP contribution in [0.25, 0.3) is 34.3 Å². The molecule has 0 bridgehead atoms. The van der Waals surface area contributed by atoms with Crippen molar-refractivity contribution in [3.05, 3.63) is 65.9 Å². The van der Waals surface area contributed by atoms with E-state index in [0.717, 1.165) is 11.1 Å². The zero-order valence-corrected chi connectivity index (χ0v) is 18.8. The van der Waals surface area contributed by atoms with E-state index in [0.29, 0.717) is 16.8 Å². The van der Waals surface area contributed by atoms with Crippen LogP contribution in [-0.4, -0.2) is 51.0 Å². The Balaban J connectivity index is 1.57. The summed E-state index contributed by atoms with van der Waals surface area (Å²) >= 11 is 0. The largest absolute Gasteiger partial charge is 0.461 e. The van der Waals surface area contributed by atoms with Gasteiger partial charge in [-0.25, -0.2) is 9.97 Å². The van der Waals surface area contributed by atoms with Crippen molar-refractivity contribution in [2.45, 2.75) is 13.5 Å². The Labute approximate surface area is 195 Å². The minimum absolute atomic E-state index is 0.0894. The fourth-order valence-corrected chi connectivity index (χ4v) is 3.10. The number of hydrogen-bond donors (Lipinski definition) is 1. The predicted molar refractivity (Wildman–Crippen MR) is 124 cm³/mol. The van der Waals surface area contributed by atoms with Crippen LogP contribution in [0.3, 0.4) is 0 Å². The first-order valence-electron chi connectivity index (χ1n) is 10.3. The van der Waals surface area contributed by atoms with Crippen LogP contribution in [0.5, 0.6) is 0 Å². The molecule has 0 aliphatic carbocycles. The van der Waals surface area contributed by atoms with Gasteiger partial charge >= 0.3 is 5.97 Å². The Morgan fingerprint density at radius 2 is 1.62 bits per heavy atom. The van der Waals surface area contributed by atoms with Crippen molar-refractivity contribution in [2.24, 2.45) is 0 Å². The highest BCUT2D eigenvalue weighted by Crippen LogP contribution is 2.28. The van der Waals surface area contributed by atoms with Crippen LogP contribution in [0.15, 0.2) is 59.1 Å². The zero-order valence-electron chi connectivity index (χ0n) is 18.8. The fourth-order valence-electron chi connectivity index (χ4n) is 3.10. The molecule has 2 aromatic carbocycles. The van der Waals surface area contributed by atoms with Crippen LogP contribution < -0.4 is 5.73 Å². The number of carbonyl (C=O) groups is 2. The number of carbonyl (C=O) groups excluding carboxylic acids is 2. The van der Waals surface area contributed by atoms with Crippen molar-refractivity contribution in [2.75, 3.05) is 19.8 Å². The number of benzene rings is 2. The molecule has 0 fully saturated rings. The summed E-state index contributed by atoms with van der Waals surface area (Å²) in [4.78, 5) is 33.4. The van der Waals surface area contributed by atoms with Gasteiger partial charge in [0.1, 0.15) is 6.61 Å². The molecule has 0 unspecified atom stereocenters. The first kappa shape index (κ1) is 22.6. The van der Waals surface area contributed by atoms with Gasteiger partial charge in [0.25, 0.3) is 11.8 Å². The maximum Gasteiger partial charge on any atom is 0.302 e. The van der Waals surface area contributed by atoms with Crippen LogP contribution in [0.1, 0.15) is 22.8 Å². The van der Waals surface area contributed by atoms with E-state index >= 15 is 0 Å². The van der Waals surface area contributed by atoms with E-state index in [-0.39, 0.29) is 41.8 Å². The van der Waals surface area contributed by atoms with Crippen molar-refractivity contribution in [3.8, 4) is 34.3 Å². The van der Waals surface area contributed by atoms with Gasteiger partial charge in [-0.3, -0.25) is 9.59 Å². The molecule has 34 heavy (non-hydrogen) atoms. The van der Waals surface area contributed by atoms with Crippen LogP contribution in [0.4, 0.5) is 5.82 Å². The third-order valence-corrected chi connectivity index (χ3v) is 4.91. The van der Waals surface area contributed by atoms with E-state index in [4.69, 9.17) is 14.9 Å². The van der Waals surface area contributed by atoms with Gasteiger partial charge in [-0.15, -0.1) is 10.2 Å². The van der Waals surface area contributed by atoms with E-state index in [1.165, 1.54) is 11.8 Å². The molecule has 0 aliphatic rings. The molecular weight excluding hydrogens is 436 g/mol. The van der Waals surface area contributed by atoms with E-state index in [9.17, 15) is 9.59 Å². The summed E-state index contributed by atoms with van der Waals surface area (Å²) in [6.45, 7) is 1.55. The molecule has 0 spiro atoms. The summed E-state index contributed by atoms with van der Waals surface area (Å²) in [5, 5.41) is 8.17. The van der Waals surface area contributed by atoms with Gasteiger partial charge in [-0.2, -0.15) is 0 Å². The van der Waals surface area contributed by atoms with Gasteiger partial charge in [0.05, 0.1) is 11.9 Å². The van der Waals surface area contributed by atoms with E-state index in [1.807, 2.05) is 12.1 Å². The third-order valence-electron chi connectivity index (χ3n) is 4.91. The summed E-state index contributed by atoms with van der Waals surface area (Å²) in [6, 6.07) is 14.2. The van der Waals surface area contributed by atoms with Crippen LogP contribution in [-0.2, 0) is 16.1 Å². The van der Waals surface area contributed by atoms with Gasteiger partial charge < -0.3 is 19.8 Å². The smallest absolute Gasteiger partial charge is 0.302 e. The summed E-state index contributed by atoms with van der Waals surface area (Å²) in [7, 11) is 3.40. The Hall–Kier alpha value is -4.60. The first-order valence-corrected chi connectivity index (χ1v) is 10.3. The Morgan fingerprint density at radius 1 is 0.971 bits per heavy atom. The molecule has 4 rings (SSSR count). The highest BCUT2D eigenvalue weighted by atomic mass is 16.5. The first-order chi connectivity index (χ1) is 16.3. The minimum atomic E-state index is -0.343. The SMILES string of the molecule is CC(=O)OCc1ccc(-c2nnc(-c3nc(-c4ccc(C(=O)N(C)C)cc4)cnc3N)o2)cc1. The average Bonchev–Trinajstić information content (AvgIpc) is 3.33. The number of rotatable bonds is 6. The summed E-state index contributed by atoms with van der Waals surface area (Å²) in [5.41, 5.74) is 9.68. The second-order valence-corrected chi connectivity index (χ2v) is 7.66. The summed E-state index contributed by atoms with van der Waals surface area (Å²) in [6.07, 6.45) is 1.54. The van der Waals surface area contributed by atoms with Gasteiger partial charge in [0, 0.05) is 37.7 Å². The molecule has 2 N–H and O–H groups in total. The Kier molecular flexibility index (Phi) is 6.30. The molecule has 1 amide bonds. The van der Waals surface area contributed by atoms with Crippen LogP contribution in [0, 0.1) is 0 Å². The predicted octanol–water partition coefficient (Wildman–Crippen LogP) is 3.21. The Bertz CT molecular complexity index is 1330. The number of amides is 1. The third kappa shape index (κ3) is 4.90. The number of nitrogens with two attached hydrogens (primary N) is 1. The maximum atomic E-state index is 12.1. The van der Waals surface area contributed by atoms with Gasteiger partial charge in [-0.1, -0.05) is 24.3 Å². The lowest BCUT2D eigenvalue weighted by Gasteiger charge is -2.10. The quantitative estimate of drug-likeness (QED) is 0.432. The van der Waals surface area contributed by atoms with Crippen LogP contribution in [0.2, 0.25) is 0 Å². The second-order valence-electron chi connectivity index (χ2n) is 7.66. The number of nitrogens with zero attached hydrogens (tertiary/aromatic N) is 5. The highest BCUT2D eigenvalue weighted by Gasteiger charge is 2.17. The molecule has 0 aliphatic heterocycles. The molecule has 0 atom stereocenters. The number of nitrogen functional groups attached to an aromatic ring is 1. The molecule has 2 heterocycles. The topological polar surface area (TPSA) is 137 Å². The van der Waals surface area contributed by atoms with E-state index in [1.54, 1.807) is 56.7 Å². The highest BCUT2D eigenvalue weighted by molar-refractivity contribution is 5.94. The number of esters is 1. The second kappa shape index (κ2) is 9.49. The minimum Gasteiger partial charge on any atom is -0.461 e. The van der Waals surface area contributed by atoms with Gasteiger partial charge in [-0.05, 0) is 29.8 Å². The molecule has 2 aromatic heterocycles. The zero-order chi connectivity index (χ0) is 24.2. The van der Waals surface area contributed by atoms with Crippen molar-refractivity contribution < 1.29 is 18.7 Å². The lowest BCUT2D eigenvalue weighted by atomic mass is 10.1.